The molecule has 0 saturated carbocycles. The zero-order valence-electron chi connectivity index (χ0n) is 7.89. The minimum Gasteiger partial charge on any atom is -0.151 e. The molecule has 11 heavy (non-hydrogen) atoms. The van der Waals surface area contributed by atoms with Crippen LogP contribution in [0.15, 0.2) is 5.18 Å². The van der Waals surface area contributed by atoms with Gasteiger partial charge < -0.3 is 0 Å². The maximum absolute atomic E-state index is 9.75. The van der Waals surface area contributed by atoms with Crippen molar-refractivity contribution < 1.29 is 0 Å². The van der Waals surface area contributed by atoms with Gasteiger partial charge in [0, 0.05) is 0 Å². The fourth-order valence-electron chi connectivity index (χ4n) is 0.957. The van der Waals surface area contributed by atoms with Gasteiger partial charge in [0.05, 0.1) is 6.54 Å². The predicted molar refractivity (Wildman–Crippen MR) is 48.6 cm³/mol. The van der Waals surface area contributed by atoms with E-state index >= 15 is 0 Å². The van der Waals surface area contributed by atoms with Gasteiger partial charge in [0.15, 0.2) is 0 Å². The Kier molecular flexibility index (Phi) is 5.08. The molecule has 0 spiro atoms. The molecule has 0 heterocycles. The average molecular weight is 157 g/mol. The van der Waals surface area contributed by atoms with E-state index in [9.17, 15) is 4.91 Å². The van der Waals surface area contributed by atoms with Crippen molar-refractivity contribution in [1.29, 1.82) is 0 Å². The predicted octanol–water partition coefficient (Wildman–Crippen LogP) is 3.36. The molecule has 0 aliphatic rings. The van der Waals surface area contributed by atoms with Crippen molar-refractivity contribution in [3.63, 3.8) is 0 Å². The van der Waals surface area contributed by atoms with Crippen LogP contribution < -0.4 is 0 Å². The van der Waals surface area contributed by atoms with Crippen LogP contribution in [0, 0.1) is 10.3 Å². The smallest absolute Gasteiger partial charge is 0.0811 e. The van der Waals surface area contributed by atoms with E-state index in [-0.39, 0.29) is 0 Å². The molecule has 0 aliphatic heterocycles. The maximum Gasteiger partial charge on any atom is 0.0811 e. The number of hydrogen-bond acceptors (Lipinski definition) is 2. The standard InChI is InChI=1S/C9H19NO/c1-4-9(2,3)7-5-6-8-10-11/h4-8H2,1-3H3. The van der Waals surface area contributed by atoms with Crippen LogP contribution in [-0.2, 0) is 0 Å². The molecule has 0 rings (SSSR count). The largest absolute Gasteiger partial charge is 0.151 e. The van der Waals surface area contributed by atoms with Crippen LogP contribution in [0.2, 0.25) is 0 Å². The van der Waals surface area contributed by atoms with Gasteiger partial charge in [-0.25, -0.2) is 0 Å². The van der Waals surface area contributed by atoms with Crippen LogP contribution in [-0.4, -0.2) is 6.54 Å². The molecule has 0 saturated heterocycles. The van der Waals surface area contributed by atoms with Crippen molar-refractivity contribution in [3.05, 3.63) is 4.91 Å². The first-order valence-corrected chi connectivity index (χ1v) is 4.41. The summed E-state index contributed by atoms with van der Waals surface area (Å²) in [5.41, 5.74) is 0.447. The van der Waals surface area contributed by atoms with Crippen LogP contribution in [0.25, 0.3) is 0 Å². The summed E-state index contributed by atoms with van der Waals surface area (Å²) < 4.78 is 0. The lowest BCUT2D eigenvalue weighted by atomic mass is 9.85. The lowest BCUT2D eigenvalue weighted by Crippen LogP contribution is -2.08. The minimum absolute atomic E-state index is 0.447. The average Bonchev–Trinajstić information content (AvgIpc) is 1.99. The van der Waals surface area contributed by atoms with E-state index in [1.54, 1.807) is 0 Å². The molecule has 0 N–H and O–H groups in total. The number of nitrogens with zero attached hydrogens (tertiary/aromatic N) is 1. The molecule has 0 aliphatic carbocycles. The fourth-order valence-corrected chi connectivity index (χ4v) is 0.957. The van der Waals surface area contributed by atoms with Crippen LogP contribution in [0.1, 0.15) is 46.5 Å². The Morgan fingerprint density at radius 2 is 1.91 bits per heavy atom. The Morgan fingerprint density at radius 3 is 2.36 bits per heavy atom. The summed E-state index contributed by atoms with van der Waals surface area (Å²) in [6.45, 7) is 7.22. The lowest BCUT2D eigenvalue weighted by Gasteiger charge is -2.21. The van der Waals surface area contributed by atoms with E-state index in [1.165, 1.54) is 12.8 Å². The molecule has 0 unspecified atom stereocenters. The van der Waals surface area contributed by atoms with Crippen LogP contribution in [0.5, 0.6) is 0 Å². The third kappa shape index (κ3) is 6.02. The summed E-state index contributed by atoms with van der Waals surface area (Å²) >= 11 is 0. The van der Waals surface area contributed by atoms with Crippen molar-refractivity contribution in [2.75, 3.05) is 6.54 Å². The van der Waals surface area contributed by atoms with E-state index in [2.05, 4.69) is 25.9 Å². The maximum atomic E-state index is 9.75. The van der Waals surface area contributed by atoms with Gasteiger partial charge in [0.1, 0.15) is 0 Å². The summed E-state index contributed by atoms with van der Waals surface area (Å²) in [6.07, 6.45) is 4.50. The highest BCUT2D eigenvalue weighted by Gasteiger charge is 2.13. The summed E-state index contributed by atoms with van der Waals surface area (Å²) in [5, 5.41) is 2.83. The summed E-state index contributed by atoms with van der Waals surface area (Å²) in [4.78, 5) is 9.75. The first-order chi connectivity index (χ1) is 5.12. The van der Waals surface area contributed by atoms with Gasteiger partial charge in [-0.1, -0.05) is 38.8 Å². The Bertz CT molecular complexity index is 110. The molecule has 0 amide bonds. The molecule has 66 valence electrons. The van der Waals surface area contributed by atoms with Gasteiger partial charge >= 0.3 is 0 Å². The summed E-state index contributed by atoms with van der Waals surface area (Å²) in [5.74, 6) is 0. The Balaban J connectivity index is 3.29. The first kappa shape index (κ1) is 10.6. The Hall–Kier alpha value is -0.400. The van der Waals surface area contributed by atoms with Crippen molar-refractivity contribution in [1.82, 2.24) is 0 Å². The van der Waals surface area contributed by atoms with Gasteiger partial charge in [-0.15, -0.1) is 0 Å². The van der Waals surface area contributed by atoms with E-state index in [4.69, 9.17) is 0 Å². The number of hydrogen-bond donors (Lipinski definition) is 0. The van der Waals surface area contributed by atoms with Gasteiger partial charge in [-0.2, -0.15) is 4.91 Å². The summed E-state index contributed by atoms with van der Waals surface area (Å²) in [6, 6.07) is 0. The van der Waals surface area contributed by atoms with E-state index < -0.39 is 0 Å². The molecule has 0 radical (unpaired) electrons. The minimum atomic E-state index is 0.447. The molecule has 0 aromatic rings. The molecule has 0 atom stereocenters. The van der Waals surface area contributed by atoms with Gasteiger partial charge in [0.2, 0.25) is 0 Å². The monoisotopic (exact) mass is 157 g/mol. The fraction of sp³-hybridized carbons (Fsp3) is 1.00. The first-order valence-electron chi connectivity index (χ1n) is 4.41. The van der Waals surface area contributed by atoms with E-state index in [0.29, 0.717) is 12.0 Å². The molecule has 0 aromatic heterocycles. The molecular weight excluding hydrogens is 138 g/mol. The van der Waals surface area contributed by atoms with Gasteiger partial charge in [-0.05, 0) is 18.3 Å². The van der Waals surface area contributed by atoms with E-state index in [0.717, 1.165) is 12.8 Å². The number of nitroso groups, excluding NO2 is 1. The lowest BCUT2D eigenvalue weighted by molar-refractivity contribution is 0.310. The van der Waals surface area contributed by atoms with Crippen LogP contribution in [0.4, 0.5) is 0 Å². The van der Waals surface area contributed by atoms with Crippen molar-refractivity contribution >= 4 is 0 Å². The van der Waals surface area contributed by atoms with Gasteiger partial charge in [-0.3, -0.25) is 0 Å². The number of unbranched alkanes of at least 4 members (excludes halogenated alkanes) is 1. The normalized spacial score (nSPS) is 11.5. The quantitative estimate of drug-likeness (QED) is 0.429. The highest BCUT2D eigenvalue weighted by molar-refractivity contribution is 4.65. The Morgan fingerprint density at radius 1 is 1.27 bits per heavy atom. The highest BCUT2D eigenvalue weighted by atomic mass is 16.3. The second-order valence-corrected chi connectivity index (χ2v) is 3.83. The number of rotatable bonds is 6. The van der Waals surface area contributed by atoms with Crippen molar-refractivity contribution in [2.45, 2.75) is 46.5 Å². The van der Waals surface area contributed by atoms with Crippen molar-refractivity contribution in [3.8, 4) is 0 Å². The molecule has 0 aromatic carbocycles. The highest BCUT2D eigenvalue weighted by Crippen LogP contribution is 2.26. The molecule has 2 heteroatoms. The van der Waals surface area contributed by atoms with Crippen molar-refractivity contribution in [2.24, 2.45) is 10.6 Å². The second kappa shape index (κ2) is 5.28. The SMILES string of the molecule is CCC(C)(C)CCCCN=O. The molecule has 2 nitrogen and oxygen atoms in total. The second-order valence-electron chi connectivity index (χ2n) is 3.83. The molecule has 0 bridgehead atoms. The van der Waals surface area contributed by atoms with E-state index in [1.807, 2.05) is 0 Å². The molecule has 0 fully saturated rings. The van der Waals surface area contributed by atoms with Gasteiger partial charge in [0.25, 0.3) is 0 Å². The third-order valence-electron chi connectivity index (χ3n) is 2.31. The zero-order chi connectivity index (χ0) is 8.74. The topological polar surface area (TPSA) is 29.4 Å². The van der Waals surface area contributed by atoms with Crippen LogP contribution >= 0.6 is 0 Å². The zero-order valence-corrected chi connectivity index (χ0v) is 7.89. The Labute approximate surface area is 69.4 Å². The summed E-state index contributed by atoms with van der Waals surface area (Å²) in [7, 11) is 0. The third-order valence-corrected chi connectivity index (χ3v) is 2.31. The molecular formula is C9H19NO. The van der Waals surface area contributed by atoms with Crippen LogP contribution in [0.3, 0.4) is 0 Å².